The molecule has 1 saturated heterocycles. The van der Waals surface area contributed by atoms with Crippen LogP contribution in [-0.4, -0.2) is 73.5 Å². The predicted molar refractivity (Wildman–Crippen MR) is 138 cm³/mol. The largest absolute Gasteiger partial charge is 0.381 e. The van der Waals surface area contributed by atoms with Crippen LogP contribution in [0, 0.1) is 5.41 Å². The van der Waals surface area contributed by atoms with Gasteiger partial charge in [-0.2, -0.15) is 0 Å². The molecule has 0 atom stereocenters. The molecule has 0 spiro atoms. The average Bonchev–Trinajstić information content (AvgIpc) is 2.89. The van der Waals surface area contributed by atoms with Crippen molar-refractivity contribution in [2.75, 3.05) is 44.8 Å². The Bertz CT molecular complexity index is 1220. The monoisotopic (exact) mass is 488 g/mol. The van der Waals surface area contributed by atoms with Gasteiger partial charge >= 0.3 is 0 Å². The number of pyridine rings is 1. The third-order valence-corrected chi connectivity index (χ3v) is 7.12. The summed E-state index contributed by atoms with van der Waals surface area (Å²) in [4.78, 5) is 32.1. The number of anilines is 1. The van der Waals surface area contributed by atoms with E-state index < -0.39 is 0 Å². The average molecular weight is 489 g/mol. The zero-order chi connectivity index (χ0) is 25.2. The molecule has 188 valence electrons. The van der Waals surface area contributed by atoms with Gasteiger partial charge in [-0.05, 0) is 42.2 Å². The number of amidine groups is 1. The van der Waals surface area contributed by atoms with Gasteiger partial charge in [0, 0.05) is 62.2 Å². The summed E-state index contributed by atoms with van der Waals surface area (Å²) >= 11 is 0. The molecule has 1 aromatic carbocycles. The van der Waals surface area contributed by atoms with Crippen molar-refractivity contribution in [3.05, 3.63) is 59.1 Å². The van der Waals surface area contributed by atoms with Crippen LogP contribution >= 0.6 is 0 Å². The number of carbonyl (C=O) groups is 2. The van der Waals surface area contributed by atoms with E-state index in [-0.39, 0.29) is 17.9 Å². The Morgan fingerprint density at radius 3 is 2.58 bits per heavy atom. The molecule has 2 aromatic rings. The van der Waals surface area contributed by atoms with E-state index in [4.69, 9.17) is 4.74 Å². The number of aromatic nitrogens is 1. The maximum Gasteiger partial charge on any atom is 0.269 e. The minimum absolute atomic E-state index is 0.0334. The lowest BCUT2D eigenvalue weighted by Crippen LogP contribution is -2.50. The van der Waals surface area contributed by atoms with Crippen LogP contribution in [0.4, 0.5) is 5.69 Å². The Balaban J connectivity index is 1.42. The van der Waals surface area contributed by atoms with E-state index in [2.05, 4.69) is 32.7 Å². The Labute approximate surface area is 211 Å². The number of benzene rings is 1. The van der Waals surface area contributed by atoms with E-state index in [1.54, 1.807) is 26.2 Å². The number of aryl methyl sites for hydroxylation is 1. The van der Waals surface area contributed by atoms with Crippen molar-refractivity contribution in [1.29, 1.82) is 5.41 Å². The van der Waals surface area contributed by atoms with E-state index in [1.165, 1.54) is 5.56 Å². The molecule has 0 unspecified atom stereocenters. The van der Waals surface area contributed by atoms with Gasteiger partial charge in [-0.15, -0.1) is 0 Å². The molecule has 0 radical (unpaired) electrons. The van der Waals surface area contributed by atoms with E-state index >= 15 is 0 Å². The summed E-state index contributed by atoms with van der Waals surface area (Å²) in [6.07, 6.45) is 4.31. The third kappa shape index (κ3) is 4.70. The molecular formula is C27H32N6O3. The smallest absolute Gasteiger partial charge is 0.269 e. The van der Waals surface area contributed by atoms with Crippen LogP contribution in [0.1, 0.15) is 35.8 Å². The summed E-state index contributed by atoms with van der Waals surface area (Å²) in [7, 11) is 1.59. The summed E-state index contributed by atoms with van der Waals surface area (Å²) in [5, 5.41) is 15.4. The zero-order valence-electron chi connectivity index (χ0n) is 20.8. The highest BCUT2D eigenvalue weighted by atomic mass is 16.5. The number of amides is 2. The van der Waals surface area contributed by atoms with Gasteiger partial charge in [0.1, 0.15) is 11.5 Å². The maximum absolute atomic E-state index is 12.1. The van der Waals surface area contributed by atoms with Crippen molar-refractivity contribution in [2.24, 2.45) is 0 Å². The lowest BCUT2D eigenvalue weighted by molar-refractivity contribution is -0.128. The Kier molecular flexibility index (Phi) is 6.73. The molecule has 3 aliphatic rings. The Hall–Kier alpha value is -3.72. The molecule has 1 fully saturated rings. The summed E-state index contributed by atoms with van der Waals surface area (Å²) < 4.78 is 5.33. The molecule has 0 aliphatic carbocycles. The normalized spacial score (nSPS) is 17.8. The predicted octanol–water partition coefficient (Wildman–Crippen LogP) is 2.33. The molecule has 4 heterocycles. The minimum atomic E-state index is -0.208. The molecule has 9 nitrogen and oxygen atoms in total. The van der Waals surface area contributed by atoms with Crippen LogP contribution in [-0.2, 0) is 16.0 Å². The molecule has 1 aromatic heterocycles. The summed E-state index contributed by atoms with van der Waals surface area (Å²) in [6.45, 7) is 4.81. The molecule has 9 heteroatoms. The SMILES string of the molecule is CNC(=O)c1ccc(-c2ccc3c(c2)CCCN3C(=N)C2=C(NC3COC3)CCN(C(C)=O)C2)cn1. The quantitative estimate of drug-likeness (QED) is 0.440. The third-order valence-electron chi connectivity index (χ3n) is 7.12. The highest BCUT2D eigenvalue weighted by Gasteiger charge is 2.31. The van der Waals surface area contributed by atoms with Gasteiger partial charge in [0.05, 0.1) is 25.8 Å². The second-order valence-corrected chi connectivity index (χ2v) is 9.48. The number of nitrogens with one attached hydrogen (secondary N) is 3. The van der Waals surface area contributed by atoms with Crippen LogP contribution < -0.4 is 15.5 Å². The first-order valence-electron chi connectivity index (χ1n) is 12.4. The first-order chi connectivity index (χ1) is 17.4. The lowest BCUT2D eigenvalue weighted by atomic mass is 9.95. The number of ether oxygens (including phenoxy) is 1. The number of hydrogen-bond donors (Lipinski definition) is 3. The second-order valence-electron chi connectivity index (χ2n) is 9.48. The summed E-state index contributed by atoms with van der Waals surface area (Å²) in [5.74, 6) is 0.278. The lowest BCUT2D eigenvalue weighted by Gasteiger charge is -2.38. The highest BCUT2D eigenvalue weighted by Crippen LogP contribution is 2.33. The topological polar surface area (TPSA) is 111 Å². The van der Waals surface area contributed by atoms with Crippen LogP contribution in [0.3, 0.4) is 0 Å². The zero-order valence-corrected chi connectivity index (χ0v) is 20.8. The number of hydrogen-bond acceptors (Lipinski definition) is 6. The molecule has 3 aliphatic heterocycles. The number of carbonyl (C=O) groups excluding carboxylic acids is 2. The van der Waals surface area contributed by atoms with Gasteiger partial charge in [-0.25, -0.2) is 0 Å². The van der Waals surface area contributed by atoms with Crippen molar-refractivity contribution >= 4 is 23.3 Å². The first-order valence-corrected chi connectivity index (χ1v) is 12.4. The Morgan fingerprint density at radius 1 is 1.11 bits per heavy atom. The molecule has 5 rings (SSSR count). The van der Waals surface area contributed by atoms with Crippen molar-refractivity contribution in [1.82, 2.24) is 20.5 Å². The summed E-state index contributed by atoms with van der Waals surface area (Å²) in [5.41, 5.74) is 6.51. The molecule has 2 amide bonds. The van der Waals surface area contributed by atoms with Crippen LogP contribution in [0.5, 0.6) is 0 Å². The fraction of sp³-hybridized carbons (Fsp3) is 0.407. The highest BCUT2D eigenvalue weighted by molar-refractivity contribution is 6.09. The molecular weight excluding hydrogens is 456 g/mol. The number of fused-ring (bicyclic) bond motifs is 1. The number of nitrogens with zero attached hydrogens (tertiary/aromatic N) is 3. The van der Waals surface area contributed by atoms with Crippen molar-refractivity contribution in [3.63, 3.8) is 0 Å². The van der Waals surface area contributed by atoms with Crippen LogP contribution in [0.25, 0.3) is 11.1 Å². The van der Waals surface area contributed by atoms with Gasteiger partial charge in [-0.1, -0.05) is 12.1 Å². The van der Waals surface area contributed by atoms with Crippen LogP contribution in [0.15, 0.2) is 47.8 Å². The van der Waals surface area contributed by atoms with E-state index in [1.807, 2.05) is 17.0 Å². The Morgan fingerprint density at radius 2 is 1.92 bits per heavy atom. The van der Waals surface area contributed by atoms with Gasteiger partial charge in [0.15, 0.2) is 0 Å². The number of rotatable bonds is 5. The summed E-state index contributed by atoms with van der Waals surface area (Å²) in [6, 6.07) is 10.2. The minimum Gasteiger partial charge on any atom is -0.381 e. The van der Waals surface area contributed by atoms with Crippen molar-refractivity contribution in [3.8, 4) is 11.1 Å². The van der Waals surface area contributed by atoms with Gasteiger partial charge in [0.2, 0.25) is 5.91 Å². The second kappa shape index (κ2) is 10.1. The fourth-order valence-corrected chi connectivity index (χ4v) is 4.97. The van der Waals surface area contributed by atoms with E-state index in [0.29, 0.717) is 44.3 Å². The van der Waals surface area contributed by atoms with Crippen LogP contribution in [0.2, 0.25) is 0 Å². The molecule has 0 bridgehead atoms. The van der Waals surface area contributed by atoms with Gasteiger partial charge < -0.3 is 25.2 Å². The molecule has 0 saturated carbocycles. The van der Waals surface area contributed by atoms with Gasteiger partial charge in [-0.3, -0.25) is 20.0 Å². The molecule has 3 N–H and O–H groups in total. The van der Waals surface area contributed by atoms with Crippen molar-refractivity contribution in [2.45, 2.75) is 32.2 Å². The van der Waals surface area contributed by atoms with E-state index in [9.17, 15) is 15.0 Å². The first kappa shape index (κ1) is 24.0. The fourth-order valence-electron chi connectivity index (χ4n) is 4.97. The van der Waals surface area contributed by atoms with Crippen molar-refractivity contribution < 1.29 is 14.3 Å². The standard InChI is InChI=1S/C27H32N6O3/c1-17(34)32-11-9-23(31-21-15-36-16-21)22(14-32)26(28)33-10-3-4-19-12-18(6-8-25(19)33)20-5-7-24(30-13-20)27(35)29-2/h5-8,12-13,21,28,31H,3-4,9-11,14-16H2,1-2H3,(H,29,35). The molecule has 36 heavy (non-hydrogen) atoms. The van der Waals surface area contributed by atoms with E-state index in [0.717, 1.165) is 47.5 Å². The van der Waals surface area contributed by atoms with Gasteiger partial charge in [0.25, 0.3) is 5.91 Å². The maximum atomic E-state index is 12.1.